The predicted molar refractivity (Wildman–Crippen MR) is 65.9 cm³/mol. The van der Waals surface area contributed by atoms with Crippen LogP contribution in [0.15, 0.2) is 23.0 Å². The lowest BCUT2D eigenvalue weighted by atomic mass is 10.1. The SMILES string of the molecule is Cc1cccc(=O)n1CC(=O)N1CCCCC1. The Labute approximate surface area is 101 Å². The summed E-state index contributed by atoms with van der Waals surface area (Å²) in [5.41, 5.74) is 0.734. The fourth-order valence-electron chi connectivity index (χ4n) is 2.20. The molecule has 0 bridgehead atoms. The van der Waals surface area contributed by atoms with Gasteiger partial charge in [0.15, 0.2) is 0 Å². The highest BCUT2D eigenvalue weighted by Crippen LogP contribution is 2.09. The highest BCUT2D eigenvalue weighted by Gasteiger charge is 2.17. The Hall–Kier alpha value is -1.58. The van der Waals surface area contributed by atoms with Crippen LogP contribution >= 0.6 is 0 Å². The molecule has 1 saturated heterocycles. The van der Waals surface area contributed by atoms with Gasteiger partial charge in [0.05, 0.1) is 0 Å². The lowest BCUT2D eigenvalue weighted by Gasteiger charge is -2.27. The molecule has 1 amide bonds. The first-order valence-electron chi connectivity index (χ1n) is 6.13. The Balaban J connectivity index is 2.10. The molecule has 1 aliphatic heterocycles. The highest BCUT2D eigenvalue weighted by atomic mass is 16.2. The van der Waals surface area contributed by atoms with Crippen LogP contribution in [0.2, 0.25) is 0 Å². The quantitative estimate of drug-likeness (QED) is 0.771. The third-order valence-corrected chi connectivity index (χ3v) is 3.27. The third-order valence-electron chi connectivity index (χ3n) is 3.27. The third kappa shape index (κ3) is 2.75. The molecule has 1 aliphatic rings. The summed E-state index contributed by atoms with van der Waals surface area (Å²) in [6, 6.07) is 5.07. The average molecular weight is 234 g/mol. The number of aromatic nitrogens is 1. The minimum Gasteiger partial charge on any atom is -0.341 e. The molecule has 1 aromatic heterocycles. The molecular formula is C13H18N2O2. The van der Waals surface area contributed by atoms with Gasteiger partial charge in [-0.05, 0) is 32.3 Å². The van der Waals surface area contributed by atoms with Crippen LogP contribution in [0.5, 0.6) is 0 Å². The molecule has 0 spiro atoms. The lowest BCUT2D eigenvalue weighted by molar-refractivity contribution is -0.132. The average Bonchev–Trinajstić information content (AvgIpc) is 2.35. The Kier molecular flexibility index (Phi) is 3.61. The molecule has 92 valence electrons. The van der Waals surface area contributed by atoms with Gasteiger partial charge in [-0.15, -0.1) is 0 Å². The minimum atomic E-state index is -0.102. The lowest BCUT2D eigenvalue weighted by Crippen LogP contribution is -2.39. The topological polar surface area (TPSA) is 42.3 Å². The number of hydrogen-bond donors (Lipinski definition) is 0. The van der Waals surface area contributed by atoms with E-state index in [-0.39, 0.29) is 18.0 Å². The standard InChI is InChI=1S/C13H18N2O2/c1-11-6-5-7-12(16)15(11)10-13(17)14-8-3-2-4-9-14/h5-7H,2-4,8-10H2,1H3. The van der Waals surface area contributed by atoms with Crippen molar-refractivity contribution in [2.24, 2.45) is 0 Å². The molecule has 0 aromatic carbocycles. The first-order valence-corrected chi connectivity index (χ1v) is 6.13. The van der Waals surface area contributed by atoms with Crippen LogP contribution < -0.4 is 5.56 Å². The molecule has 0 radical (unpaired) electrons. The highest BCUT2D eigenvalue weighted by molar-refractivity contribution is 5.76. The number of pyridine rings is 1. The molecule has 1 aromatic rings. The fraction of sp³-hybridized carbons (Fsp3) is 0.538. The van der Waals surface area contributed by atoms with E-state index in [0.717, 1.165) is 31.6 Å². The second-order valence-electron chi connectivity index (χ2n) is 4.53. The smallest absolute Gasteiger partial charge is 0.251 e. The predicted octanol–water partition coefficient (Wildman–Crippen LogP) is 1.17. The van der Waals surface area contributed by atoms with Gasteiger partial charge in [-0.2, -0.15) is 0 Å². The van der Waals surface area contributed by atoms with Crippen molar-refractivity contribution in [2.45, 2.75) is 32.7 Å². The number of nitrogens with zero attached hydrogens (tertiary/aromatic N) is 2. The van der Waals surface area contributed by atoms with Crippen molar-refractivity contribution in [1.29, 1.82) is 0 Å². The summed E-state index contributed by atoms with van der Waals surface area (Å²) in [5, 5.41) is 0. The molecule has 2 heterocycles. The van der Waals surface area contributed by atoms with Crippen molar-refractivity contribution in [3.05, 3.63) is 34.2 Å². The van der Waals surface area contributed by atoms with Crippen LogP contribution in [0.25, 0.3) is 0 Å². The maximum Gasteiger partial charge on any atom is 0.251 e. The van der Waals surface area contributed by atoms with Crippen molar-refractivity contribution < 1.29 is 4.79 Å². The summed E-state index contributed by atoms with van der Waals surface area (Å²) in [4.78, 5) is 25.6. The van der Waals surface area contributed by atoms with E-state index in [1.54, 1.807) is 6.07 Å². The van der Waals surface area contributed by atoms with E-state index < -0.39 is 0 Å². The summed E-state index contributed by atoms with van der Waals surface area (Å²) in [5.74, 6) is 0.0566. The minimum absolute atomic E-state index is 0.0566. The second kappa shape index (κ2) is 5.17. The van der Waals surface area contributed by atoms with Crippen molar-refractivity contribution in [3.63, 3.8) is 0 Å². The van der Waals surface area contributed by atoms with E-state index in [2.05, 4.69) is 0 Å². The van der Waals surface area contributed by atoms with Crippen LogP contribution in [-0.4, -0.2) is 28.5 Å². The summed E-state index contributed by atoms with van der Waals surface area (Å²) in [6.07, 6.45) is 3.36. The van der Waals surface area contributed by atoms with E-state index in [1.807, 2.05) is 17.9 Å². The Morgan fingerprint density at radius 3 is 2.59 bits per heavy atom. The first-order chi connectivity index (χ1) is 8.18. The zero-order chi connectivity index (χ0) is 12.3. The van der Waals surface area contributed by atoms with E-state index >= 15 is 0 Å². The van der Waals surface area contributed by atoms with Crippen molar-refractivity contribution >= 4 is 5.91 Å². The number of hydrogen-bond acceptors (Lipinski definition) is 2. The number of piperidine rings is 1. The number of carbonyl (C=O) groups excluding carboxylic acids is 1. The van der Waals surface area contributed by atoms with Gasteiger partial charge in [0, 0.05) is 24.8 Å². The Morgan fingerprint density at radius 2 is 1.94 bits per heavy atom. The number of rotatable bonds is 2. The summed E-state index contributed by atoms with van der Waals surface area (Å²) in [6.45, 7) is 3.69. The van der Waals surface area contributed by atoms with Gasteiger partial charge in [0.1, 0.15) is 6.54 Å². The molecule has 1 fully saturated rings. The van der Waals surface area contributed by atoms with E-state index in [4.69, 9.17) is 0 Å². The van der Waals surface area contributed by atoms with Gasteiger partial charge in [-0.1, -0.05) is 6.07 Å². The van der Waals surface area contributed by atoms with Crippen LogP contribution in [-0.2, 0) is 11.3 Å². The number of amides is 1. The normalized spacial score (nSPS) is 15.9. The van der Waals surface area contributed by atoms with Crippen LogP contribution in [0.1, 0.15) is 25.0 Å². The Morgan fingerprint density at radius 1 is 1.24 bits per heavy atom. The van der Waals surface area contributed by atoms with Crippen molar-refractivity contribution in [2.75, 3.05) is 13.1 Å². The molecule has 4 nitrogen and oxygen atoms in total. The molecule has 0 atom stereocenters. The summed E-state index contributed by atoms with van der Waals surface area (Å²) in [7, 11) is 0. The zero-order valence-corrected chi connectivity index (χ0v) is 10.2. The van der Waals surface area contributed by atoms with Crippen LogP contribution in [0.3, 0.4) is 0 Å². The molecule has 17 heavy (non-hydrogen) atoms. The maximum atomic E-state index is 12.0. The molecule has 2 rings (SSSR count). The van der Waals surface area contributed by atoms with E-state index in [0.29, 0.717) is 0 Å². The van der Waals surface area contributed by atoms with Gasteiger partial charge in [-0.3, -0.25) is 9.59 Å². The zero-order valence-electron chi connectivity index (χ0n) is 10.2. The maximum absolute atomic E-state index is 12.0. The van der Waals surface area contributed by atoms with E-state index in [9.17, 15) is 9.59 Å². The molecule has 0 saturated carbocycles. The number of aryl methyl sites for hydroxylation is 1. The van der Waals surface area contributed by atoms with Gasteiger partial charge in [0.2, 0.25) is 5.91 Å². The van der Waals surface area contributed by atoms with Crippen molar-refractivity contribution in [1.82, 2.24) is 9.47 Å². The monoisotopic (exact) mass is 234 g/mol. The Bertz CT molecular complexity index is 459. The first kappa shape index (κ1) is 11.9. The second-order valence-corrected chi connectivity index (χ2v) is 4.53. The fourth-order valence-corrected chi connectivity index (χ4v) is 2.20. The number of likely N-dealkylation sites (tertiary alicyclic amines) is 1. The van der Waals surface area contributed by atoms with E-state index in [1.165, 1.54) is 17.1 Å². The molecule has 0 N–H and O–H groups in total. The van der Waals surface area contributed by atoms with Crippen molar-refractivity contribution in [3.8, 4) is 0 Å². The summed E-state index contributed by atoms with van der Waals surface area (Å²) < 4.78 is 1.54. The molecule has 0 unspecified atom stereocenters. The molecule has 4 heteroatoms. The molecular weight excluding hydrogens is 216 g/mol. The van der Waals surface area contributed by atoms with Crippen LogP contribution in [0.4, 0.5) is 0 Å². The largest absolute Gasteiger partial charge is 0.341 e. The van der Waals surface area contributed by atoms with Crippen LogP contribution in [0, 0.1) is 6.92 Å². The summed E-state index contributed by atoms with van der Waals surface area (Å²) >= 11 is 0. The van der Waals surface area contributed by atoms with Gasteiger partial charge in [-0.25, -0.2) is 0 Å². The van der Waals surface area contributed by atoms with Gasteiger partial charge in [0.25, 0.3) is 5.56 Å². The number of carbonyl (C=O) groups is 1. The van der Waals surface area contributed by atoms with Gasteiger partial charge >= 0.3 is 0 Å². The molecule has 0 aliphatic carbocycles. The van der Waals surface area contributed by atoms with Gasteiger partial charge < -0.3 is 9.47 Å².